The van der Waals surface area contributed by atoms with E-state index in [1.807, 2.05) is 0 Å². The minimum atomic E-state index is -1.22. The smallest absolute Gasteiger partial charge is 0.206 e. The van der Waals surface area contributed by atoms with Gasteiger partial charge in [0.1, 0.15) is 0 Å². The zero-order valence-electron chi connectivity index (χ0n) is 17.2. The number of ether oxygens (including phenoxy) is 2. The molecular formula is C20H35O4PS. The molecule has 0 aromatic heterocycles. The van der Waals surface area contributed by atoms with Gasteiger partial charge in [0.15, 0.2) is 0 Å². The molecule has 0 saturated heterocycles. The van der Waals surface area contributed by atoms with E-state index >= 15 is 0 Å². The lowest BCUT2D eigenvalue weighted by Gasteiger charge is -2.24. The molecule has 4 nitrogen and oxygen atoms in total. The minimum absolute atomic E-state index is 0.514. The predicted molar refractivity (Wildman–Crippen MR) is 113 cm³/mol. The number of hydrogen-bond acceptors (Lipinski definition) is 5. The summed E-state index contributed by atoms with van der Waals surface area (Å²) in [6.07, 6.45) is 2.02. The third-order valence-corrected chi connectivity index (χ3v) is 6.87. The standard InChI is InChI=1S/C20H35O4PS/c1-7-9-21-11-13-23-25(24-14-12-22-10-8-2)19-17(5)15(3)16(4)18(6)20(19)26/h26H,7-14H2,1-6H3. The molecule has 0 unspecified atom stereocenters. The highest BCUT2D eigenvalue weighted by molar-refractivity contribution is 7.81. The fourth-order valence-electron chi connectivity index (χ4n) is 2.51. The summed E-state index contributed by atoms with van der Waals surface area (Å²) < 4.78 is 23.3. The topological polar surface area (TPSA) is 36.9 Å². The van der Waals surface area contributed by atoms with E-state index < -0.39 is 8.38 Å². The summed E-state index contributed by atoms with van der Waals surface area (Å²) >= 11 is 4.79. The Morgan fingerprint density at radius 2 is 1.12 bits per heavy atom. The van der Waals surface area contributed by atoms with Gasteiger partial charge in [0.25, 0.3) is 0 Å². The van der Waals surface area contributed by atoms with Crippen molar-refractivity contribution in [3.8, 4) is 0 Å². The second kappa shape index (κ2) is 13.1. The molecule has 26 heavy (non-hydrogen) atoms. The molecule has 6 heteroatoms. The van der Waals surface area contributed by atoms with Crippen molar-refractivity contribution >= 4 is 26.3 Å². The van der Waals surface area contributed by atoms with Crippen molar-refractivity contribution in [2.75, 3.05) is 39.6 Å². The molecule has 1 aromatic rings. The summed E-state index contributed by atoms with van der Waals surface area (Å²) in [5, 5.41) is 1.08. The molecule has 0 aliphatic heterocycles. The van der Waals surface area contributed by atoms with E-state index in [-0.39, 0.29) is 0 Å². The van der Waals surface area contributed by atoms with Gasteiger partial charge in [0.05, 0.1) is 26.4 Å². The molecule has 150 valence electrons. The molecule has 0 aliphatic carbocycles. The molecule has 0 heterocycles. The van der Waals surface area contributed by atoms with Crippen LogP contribution in [0.2, 0.25) is 0 Å². The first-order chi connectivity index (χ1) is 12.5. The van der Waals surface area contributed by atoms with Crippen molar-refractivity contribution in [3.63, 3.8) is 0 Å². The number of rotatable bonds is 13. The molecule has 1 aromatic carbocycles. The van der Waals surface area contributed by atoms with Gasteiger partial charge in [-0.3, -0.25) is 0 Å². The SMILES string of the molecule is CCCOCCOP(OCCOCCC)c1c(C)c(C)c(C)c(C)c1S. The highest BCUT2D eigenvalue weighted by Crippen LogP contribution is 2.42. The summed E-state index contributed by atoms with van der Waals surface area (Å²) in [6.45, 7) is 16.4. The molecule has 0 spiro atoms. The van der Waals surface area contributed by atoms with Crippen molar-refractivity contribution in [1.82, 2.24) is 0 Å². The highest BCUT2D eigenvalue weighted by Gasteiger charge is 2.23. The molecule has 0 N–H and O–H groups in total. The monoisotopic (exact) mass is 402 g/mol. The van der Waals surface area contributed by atoms with E-state index in [4.69, 9.17) is 31.2 Å². The van der Waals surface area contributed by atoms with E-state index in [0.29, 0.717) is 26.4 Å². The van der Waals surface area contributed by atoms with Crippen LogP contribution < -0.4 is 5.30 Å². The molecule has 0 radical (unpaired) electrons. The number of benzene rings is 1. The second-order valence-electron chi connectivity index (χ2n) is 6.35. The molecular weight excluding hydrogens is 367 g/mol. The third-order valence-electron chi connectivity index (χ3n) is 4.37. The molecule has 0 amide bonds. The maximum absolute atomic E-state index is 6.11. The van der Waals surface area contributed by atoms with Gasteiger partial charge in [0, 0.05) is 23.4 Å². The zero-order chi connectivity index (χ0) is 19.5. The maximum atomic E-state index is 6.11. The van der Waals surface area contributed by atoms with Crippen molar-refractivity contribution in [1.29, 1.82) is 0 Å². The van der Waals surface area contributed by atoms with Crippen LogP contribution in [0.5, 0.6) is 0 Å². The summed E-state index contributed by atoms with van der Waals surface area (Å²) in [5.41, 5.74) is 4.95. The second-order valence-corrected chi connectivity index (χ2v) is 8.27. The van der Waals surface area contributed by atoms with Gasteiger partial charge >= 0.3 is 0 Å². The van der Waals surface area contributed by atoms with E-state index in [9.17, 15) is 0 Å². The van der Waals surface area contributed by atoms with Crippen molar-refractivity contribution < 1.29 is 18.5 Å². The average Bonchev–Trinajstić information content (AvgIpc) is 2.64. The first-order valence-electron chi connectivity index (χ1n) is 9.46. The Hall–Kier alpha value is -0.160. The van der Waals surface area contributed by atoms with Crippen LogP contribution in [0.25, 0.3) is 0 Å². The van der Waals surface area contributed by atoms with Crippen LogP contribution in [0.3, 0.4) is 0 Å². The quantitative estimate of drug-likeness (QED) is 0.285. The third kappa shape index (κ3) is 7.10. The van der Waals surface area contributed by atoms with Gasteiger partial charge in [-0.2, -0.15) is 0 Å². The van der Waals surface area contributed by atoms with Crippen LogP contribution in [-0.2, 0) is 18.5 Å². The first kappa shape index (κ1) is 23.9. The van der Waals surface area contributed by atoms with Gasteiger partial charge in [0.2, 0.25) is 8.38 Å². The van der Waals surface area contributed by atoms with Gasteiger partial charge < -0.3 is 18.5 Å². The Balaban J connectivity index is 2.89. The van der Waals surface area contributed by atoms with E-state index in [0.717, 1.165) is 36.3 Å². The molecule has 0 atom stereocenters. The Kier molecular flexibility index (Phi) is 12.0. The van der Waals surface area contributed by atoms with Gasteiger partial charge in [-0.15, -0.1) is 12.6 Å². The summed E-state index contributed by atoms with van der Waals surface area (Å²) in [4.78, 5) is 0.973. The lowest BCUT2D eigenvalue weighted by atomic mass is 9.99. The fraction of sp³-hybridized carbons (Fsp3) is 0.700. The van der Waals surface area contributed by atoms with Gasteiger partial charge in [-0.05, 0) is 62.8 Å². The Labute approximate surface area is 166 Å². The van der Waals surface area contributed by atoms with Crippen molar-refractivity contribution in [2.24, 2.45) is 0 Å². The van der Waals surface area contributed by atoms with E-state index in [1.165, 1.54) is 22.3 Å². The fourth-order valence-corrected chi connectivity index (χ4v) is 4.69. The lowest BCUT2D eigenvalue weighted by molar-refractivity contribution is 0.0854. The largest absolute Gasteiger partial charge is 0.379 e. The van der Waals surface area contributed by atoms with Gasteiger partial charge in [-0.25, -0.2) is 0 Å². The Bertz CT molecular complexity index is 508. The normalized spacial score (nSPS) is 11.5. The van der Waals surface area contributed by atoms with Crippen LogP contribution in [0.4, 0.5) is 0 Å². The number of thiol groups is 1. The molecule has 0 fully saturated rings. The molecule has 0 saturated carbocycles. The van der Waals surface area contributed by atoms with Crippen LogP contribution in [0.1, 0.15) is 48.9 Å². The molecule has 1 rings (SSSR count). The lowest BCUT2D eigenvalue weighted by Crippen LogP contribution is -2.18. The molecule has 0 bridgehead atoms. The van der Waals surface area contributed by atoms with Gasteiger partial charge in [-0.1, -0.05) is 13.8 Å². The average molecular weight is 403 g/mol. The van der Waals surface area contributed by atoms with Crippen molar-refractivity contribution in [2.45, 2.75) is 59.3 Å². The summed E-state index contributed by atoms with van der Waals surface area (Å²) in [6, 6.07) is 0. The highest BCUT2D eigenvalue weighted by atomic mass is 32.1. The zero-order valence-corrected chi connectivity index (χ0v) is 19.0. The maximum Gasteiger partial charge on any atom is 0.206 e. The Morgan fingerprint density at radius 3 is 1.58 bits per heavy atom. The summed E-state index contributed by atoms with van der Waals surface area (Å²) in [5.74, 6) is 0. The van der Waals surface area contributed by atoms with E-state index in [1.54, 1.807) is 0 Å². The van der Waals surface area contributed by atoms with E-state index in [2.05, 4.69) is 41.5 Å². The van der Waals surface area contributed by atoms with Crippen LogP contribution in [0.15, 0.2) is 4.90 Å². The van der Waals surface area contributed by atoms with Crippen LogP contribution in [0, 0.1) is 27.7 Å². The first-order valence-corrected chi connectivity index (χ1v) is 11.1. The minimum Gasteiger partial charge on any atom is -0.379 e. The molecule has 0 aliphatic rings. The summed E-state index contributed by atoms with van der Waals surface area (Å²) in [7, 11) is -1.22. The Morgan fingerprint density at radius 1 is 0.654 bits per heavy atom. The predicted octanol–water partition coefficient (Wildman–Crippen LogP) is 5.03. The number of hydrogen-bond donors (Lipinski definition) is 1. The van der Waals surface area contributed by atoms with Crippen molar-refractivity contribution in [3.05, 3.63) is 22.3 Å². The van der Waals surface area contributed by atoms with Crippen LogP contribution >= 0.6 is 21.0 Å². The van der Waals surface area contributed by atoms with Crippen LogP contribution in [-0.4, -0.2) is 39.6 Å².